The van der Waals surface area contributed by atoms with E-state index in [1.54, 1.807) is 6.92 Å². The summed E-state index contributed by atoms with van der Waals surface area (Å²) in [6, 6.07) is 5.86. The summed E-state index contributed by atoms with van der Waals surface area (Å²) >= 11 is 0. The summed E-state index contributed by atoms with van der Waals surface area (Å²) in [5.74, 6) is 0.414. The van der Waals surface area contributed by atoms with Crippen LogP contribution in [0.4, 0.5) is 5.69 Å². The summed E-state index contributed by atoms with van der Waals surface area (Å²) in [4.78, 5) is 19.7. The highest BCUT2D eigenvalue weighted by molar-refractivity contribution is 5.73. The van der Waals surface area contributed by atoms with E-state index in [0.29, 0.717) is 12.2 Å². The van der Waals surface area contributed by atoms with E-state index in [4.69, 9.17) is 9.57 Å². The first-order valence-corrected chi connectivity index (χ1v) is 7.41. The molecule has 0 saturated carbocycles. The standard InChI is InChI=1S/C16H22N2O3/c1-5-14(19)20-11-6-7-13-12(10-11)16(2)8-9-17(3)21-15(16)18(13)4/h6-7,10,15H,5,8-9H2,1-4H3. The van der Waals surface area contributed by atoms with Gasteiger partial charge in [-0.25, -0.2) is 0 Å². The Morgan fingerprint density at radius 3 is 2.95 bits per heavy atom. The molecule has 0 aromatic heterocycles. The second-order valence-electron chi connectivity index (χ2n) is 6.09. The van der Waals surface area contributed by atoms with Crippen LogP contribution in [-0.2, 0) is 15.0 Å². The molecule has 0 spiro atoms. The van der Waals surface area contributed by atoms with Crippen LogP contribution in [0.3, 0.4) is 0 Å². The van der Waals surface area contributed by atoms with Crippen molar-refractivity contribution < 1.29 is 14.4 Å². The van der Waals surface area contributed by atoms with Crippen molar-refractivity contribution >= 4 is 11.7 Å². The Balaban J connectivity index is 1.97. The van der Waals surface area contributed by atoms with E-state index >= 15 is 0 Å². The lowest BCUT2D eigenvalue weighted by Gasteiger charge is -2.42. The molecule has 0 aliphatic carbocycles. The van der Waals surface area contributed by atoms with Gasteiger partial charge in [0.1, 0.15) is 5.75 Å². The number of fused-ring (bicyclic) bond motifs is 3. The van der Waals surface area contributed by atoms with Crippen LogP contribution < -0.4 is 9.64 Å². The molecule has 0 amide bonds. The number of hydrogen-bond donors (Lipinski definition) is 0. The van der Waals surface area contributed by atoms with Crippen LogP contribution in [0.2, 0.25) is 0 Å². The zero-order chi connectivity index (χ0) is 15.2. The van der Waals surface area contributed by atoms with E-state index in [2.05, 4.69) is 11.8 Å². The van der Waals surface area contributed by atoms with Gasteiger partial charge in [0.15, 0.2) is 6.23 Å². The lowest BCUT2D eigenvalue weighted by atomic mass is 9.79. The molecule has 5 heteroatoms. The Morgan fingerprint density at radius 1 is 1.48 bits per heavy atom. The largest absolute Gasteiger partial charge is 0.427 e. The van der Waals surface area contributed by atoms with Crippen molar-refractivity contribution in [3.63, 3.8) is 0 Å². The van der Waals surface area contributed by atoms with E-state index in [0.717, 1.165) is 18.7 Å². The third-order valence-electron chi connectivity index (χ3n) is 4.61. The van der Waals surface area contributed by atoms with Gasteiger partial charge in [-0.3, -0.25) is 9.63 Å². The first-order valence-electron chi connectivity index (χ1n) is 7.41. The fourth-order valence-electron chi connectivity index (χ4n) is 3.29. The molecule has 5 nitrogen and oxygen atoms in total. The summed E-state index contributed by atoms with van der Waals surface area (Å²) in [6.07, 6.45) is 1.38. The second kappa shape index (κ2) is 5.00. The molecule has 0 N–H and O–H groups in total. The van der Waals surface area contributed by atoms with Crippen molar-refractivity contribution in [2.45, 2.75) is 38.3 Å². The Hall–Kier alpha value is -1.59. The minimum absolute atomic E-state index is 0.0108. The van der Waals surface area contributed by atoms with Crippen LogP contribution in [0.25, 0.3) is 0 Å². The molecule has 1 fully saturated rings. The highest BCUT2D eigenvalue weighted by Crippen LogP contribution is 2.50. The number of carbonyl (C=O) groups is 1. The lowest BCUT2D eigenvalue weighted by molar-refractivity contribution is -0.226. The van der Waals surface area contributed by atoms with E-state index in [-0.39, 0.29) is 17.6 Å². The molecule has 2 aliphatic rings. The Bertz CT molecular complexity index is 575. The number of carbonyl (C=O) groups excluding carboxylic acids is 1. The van der Waals surface area contributed by atoms with Crippen LogP contribution in [0.1, 0.15) is 32.3 Å². The van der Waals surface area contributed by atoms with Crippen LogP contribution in [0.5, 0.6) is 5.75 Å². The molecule has 1 aromatic rings. The number of esters is 1. The fourth-order valence-corrected chi connectivity index (χ4v) is 3.29. The first kappa shape index (κ1) is 14.4. The van der Waals surface area contributed by atoms with Crippen molar-refractivity contribution in [1.82, 2.24) is 5.06 Å². The molecule has 1 saturated heterocycles. The summed E-state index contributed by atoms with van der Waals surface area (Å²) in [5.41, 5.74) is 2.27. The molecular weight excluding hydrogens is 268 g/mol. The Morgan fingerprint density at radius 2 is 2.24 bits per heavy atom. The number of anilines is 1. The van der Waals surface area contributed by atoms with Gasteiger partial charge in [0.25, 0.3) is 0 Å². The summed E-state index contributed by atoms with van der Waals surface area (Å²) < 4.78 is 5.36. The van der Waals surface area contributed by atoms with Gasteiger partial charge in [0, 0.05) is 38.2 Å². The van der Waals surface area contributed by atoms with Gasteiger partial charge in [0.2, 0.25) is 0 Å². The third kappa shape index (κ3) is 2.21. The number of nitrogens with zero attached hydrogens (tertiary/aromatic N) is 2. The average Bonchev–Trinajstić information content (AvgIpc) is 2.69. The number of hydroxylamine groups is 2. The molecule has 0 radical (unpaired) electrons. The van der Waals surface area contributed by atoms with Crippen molar-refractivity contribution in [3.05, 3.63) is 23.8 Å². The Kier molecular flexibility index (Phi) is 3.42. The minimum atomic E-state index is -0.206. The molecule has 3 rings (SSSR count). The summed E-state index contributed by atoms with van der Waals surface area (Å²) in [5, 5.41) is 1.90. The van der Waals surface area contributed by atoms with Gasteiger partial charge in [0.05, 0.1) is 0 Å². The number of benzene rings is 1. The predicted molar refractivity (Wildman–Crippen MR) is 80.2 cm³/mol. The smallest absolute Gasteiger partial charge is 0.310 e. The van der Waals surface area contributed by atoms with E-state index in [1.165, 1.54) is 5.56 Å². The first-order chi connectivity index (χ1) is 9.95. The van der Waals surface area contributed by atoms with Crippen LogP contribution >= 0.6 is 0 Å². The zero-order valence-corrected chi connectivity index (χ0v) is 13.0. The van der Waals surface area contributed by atoms with E-state index < -0.39 is 0 Å². The Labute approximate surface area is 125 Å². The lowest BCUT2D eigenvalue weighted by Crippen LogP contribution is -2.52. The molecule has 21 heavy (non-hydrogen) atoms. The maximum atomic E-state index is 11.5. The van der Waals surface area contributed by atoms with Crippen molar-refractivity contribution in [3.8, 4) is 5.75 Å². The summed E-state index contributed by atoms with van der Waals surface area (Å²) in [7, 11) is 4.01. The van der Waals surface area contributed by atoms with E-state index in [9.17, 15) is 4.79 Å². The normalized spacial score (nSPS) is 28.2. The monoisotopic (exact) mass is 290 g/mol. The van der Waals surface area contributed by atoms with Gasteiger partial charge < -0.3 is 9.64 Å². The van der Waals surface area contributed by atoms with Crippen molar-refractivity contribution in [2.24, 2.45) is 0 Å². The number of ether oxygens (including phenoxy) is 1. The van der Waals surface area contributed by atoms with Gasteiger partial charge in [-0.15, -0.1) is 0 Å². The molecule has 0 bridgehead atoms. The molecule has 2 heterocycles. The maximum absolute atomic E-state index is 11.5. The topological polar surface area (TPSA) is 42.0 Å². The number of hydrogen-bond acceptors (Lipinski definition) is 5. The highest BCUT2D eigenvalue weighted by Gasteiger charge is 2.50. The number of likely N-dealkylation sites (N-methyl/N-ethyl adjacent to an activating group) is 1. The molecule has 2 atom stereocenters. The van der Waals surface area contributed by atoms with Gasteiger partial charge >= 0.3 is 5.97 Å². The molecule has 2 unspecified atom stereocenters. The third-order valence-corrected chi connectivity index (χ3v) is 4.61. The SMILES string of the molecule is CCC(=O)Oc1ccc2c(c1)C1(C)CCN(C)OC1N2C. The van der Waals surface area contributed by atoms with Crippen LogP contribution in [0.15, 0.2) is 18.2 Å². The molecule has 2 aliphatic heterocycles. The van der Waals surface area contributed by atoms with E-state index in [1.807, 2.05) is 37.4 Å². The minimum Gasteiger partial charge on any atom is -0.427 e. The van der Waals surface area contributed by atoms with Crippen LogP contribution in [0, 0.1) is 0 Å². The van der Waals surface area contributed by atoms with Crippen LogP contribution in [-0.4, -0.2) is 37.9 Å². The van der Waals surface area contributed by atoms with Gasteiger partial charge in [-0.1, -0.05) is 13.8 Å². The average molecular weight is 290 g/mol. The fraction of sp³-hybridized carbons (Fsp3) is 0.562. The highest BCUT2D eigenvalue weighted by atomic mass is 16.7. The second-order valence-corrected chi connectivity index (χ2v) is 6.09. The maximum Gasteiger partial charge on any atom is 0.310 e. The quantitative estimate of drug-likeness (QED) is 0.617. The van der Waals surface area contributed by atoms with Gasteiger partial charge in [-0.2, -0.15) is 5.06 Å². The summed E-state index contributed by atoms with van der Waals surface area (Å²) in [6.45, 7) is 4.91. The molecule has 114 valence electrons. The zero-order valence-electron chi connectivity index (χ0n) is 13.0. The van der Waals surface area contributed by atoms with Crippen molar-refractivity contribution in [1.29, 1.82) is 0 Å². The molecular formula is C16H22N2O3. The van der Waals surface area contributed by atoms with Crippen molar-refractivity contribution in [2.75, 3.05) is 25.5 Å². The number of rotatable bonds is 2. The molecule has 1 aromatic carbocycles. The predicted octanol–water partition coefficient (Wildman–Crippen LogP) is 2.30. The van der Waals surface area contributed by atoms with Gasteiger partial charge in [-0.05, 0) is 30.2 Å².